The van der Waals surface area contributed by atoms with Crippen molar-refractivity contribution in [3.8, 4) is 0 Å². The Balaban J connectivity index is 3.81. The van der Waals surface area contributed by atoms with E-state index in [2.05, 4.69) is 0 Å². The average molecular weight is 174 g/mol. The van der Waals surface area contributed by atoms with E-state index in [4.69, 9.17) is 16.2 Å². The second kappa shape index (κ2) is 4.42. The van der Waals surface area contributed by atoms with Crippen LogP contribution in [0, 0.1) is 0 Å². The molecule has 0 fully saturated rings. The van der Waals surface area contributed by atoms with Gasteiger partial charge < -0.3 is 16.2 Å². The Hall–Kier alpha value is -0.610. The molecule has 0 saturated heterocycles. The number of carbonyl (C=O) groups excluding carboxylic acids is 1. The molecule has 0 saturated carbocycles. The molecule has 0 rings (SSSR count). The maximum Gasteiger partial charge on any atom is 0.246 e. The lowest BCUT2D eigenvalue weighted by Gasteiger charge is -2.21. The van der Waals surface area contributed by atoms with Gasteiger partial charge in [-0.05, 0) is 20.3 Å². The topological polar surface area (TPSA) is 78.3 Å². The zero-order valence-electron chi connectivity index (χ0n) is 7.96. The van der Waals surface area contributed by atoms with Gasteiger partial charge in [0, 0.05) is 5.54 Å². The van der Waals surface area contributed by atoms with Gasteiger partial charge in [0.05, 0.1) is 6.61 Å². The quantitative estimate of drug-likeness (QED) is 0.616. The number of nitrogens with two attached hydrogens (primary N) is 2. The number of ether oxygens (including phenoxy) is 1. The van der Waals surface area contributed by atoms with Gasteiger partial charge in [0.2, 0.25) is 5.91 Å². The van der Waals surface area contributed by atoms with Crippen LogP contribution in [0.25, 0.3) is 0 Å². The molecule has 0 aliphatic rings. The van der Waals surface area contributed by atoms with Gasteiger partial charge in [-0.2, -0.15) is 0 Å². The van der Waals surface area contributed by atoms with Crippen molar-refractivity contribution in [3.63, 3.8) is 0 Å². The molecule has 0 aromatic carbocycles. The first-order valence-electron chi connectivity index (χ1n) is 4.06. The van der Waals surface area contributed by atoms with E-state index >= 15 is 0 Å². The smallest absolute Gasteiger partial charge is 0.246 e. The van der Waals surface area contributed by atoms with Crippen molar-refractivity contribution >= 4 is 5.91 Å². The second-order valence-electron chi connectivity index (χ2n) is 3.60. The predicted octanol–water partition coefficient (Wildman–Crippen LogP) is 0.00420. The molecule has 1 atom stereocenters. The SMILES string of the molecule is CCC(OCC(C)(C)N)C(N)=O. The summed E-state index contributed by atoms with van der Waals surface area (Å²) in [5.41, 5.74) is 10.3. The Labute approximate surface area is 73.2 Å². The van der Waals surface area contributed by atoms with Crippen LogP contribution in [0.1, 0.15) is 27.2 Å². The van der Waals surface area contributed by atoms with Gasteiger partial charge >= 0.3 is 0 Å². The average Bonchev–Trinajstić information content (AvgIpc) is 1.85. The van der Waals surface area contributed by atoms with Crippen LogP contribution in [0.3, 0.4) is 0 Å². The summed E-state index contributed by atoms with van der Waals surface area (Å²) in [6.07, 6.45) is 0.0821. The van der Waals surface area contributed by atoms with E-state index in [-0.39, 0.29) is 0 Å². The summed E-state index contributed by atoms with van der Waals surface area (Å²) in [6.45, 7) is 5.86. The molecular formula is C8H18N2O2. The summed E-state index contributed by atoms with van der Waals surface area (Å²) >= 11 is 0. The highest BCUT2D eigenvalue weighted by Gasteiger charge is 2.18. The number of primary amides is 1. The molecule has 0 aliphatic carbocycles. The molecular weight excluding hydrogens is 156 g/mol. The first-order valence-corrected chi connectivity index (χ1v) is 4.06. The maximum atomic E-state index is 10.7. The van der Waals surface area contributed by atoms with Crippen LogP contribution in [0.2, 0.25) is 0 Å². The minimum atomic E-state index is -0.507. The normalized spacial score (nSPS) is 14.3. The van der Waals surface area contributed by atoms with Crippen molar-refractivity contribution in [1.82, 2.24) is 0 Å². The monoisotopic (exact) mass is 174 g/mol. The lowest BCUT2D eigenvalue weighted by molar-refractivity contribution is -0.130. The fraction of sp³-hybridized carbons (Fsp3) is 0.875. The molecule has 4 heteroatoms. The molecule has 1 amide bonds. The predicted molar refractivity (Wildman–Crippen MR) is 47.5 cm³/mol. The molecule has 1 unspecified atom stereocenters. The third-order valence-electron chi connectivity index (χ3n) is 1.34. The lowest BCUT2D eigenvalue weighted by atomic mass is 10.1. The highest BCUT2D eigenvalue weighted by molar-refractivity contribution is 5.78. The summed E-state index contributed by atoms with van der Waals surface area (Å²) in [5, 5.41) is 0. The van der Waals surface area contributed by atoms with Crippen LogP contribution in [0.5, 0.6) is 0 Å². The third-order valence-corrected chi connectivity index (χ3v) is 1.34. The molecule has 0 heterocycles. The van der Waals surface area contributed by atoms with Gasteiger partial charge in [0.25, 0.3) is 0 Å². The van der Waals surface area contributed by atoms with Crippen molar-refractivity contribution in [2.75, 3.05) is 6.61 Å². The molecule has 4 N–H and O–H groups in total. The van der Waals surface area contributed by atoms with Crippen LogP contribution in [0.15, 0.2) is 0 Å². The van der Waals surface area contributed by atoms with Crippen molar-refractivity contribution in [2.45, 2.75) is 38.8 Å². The van der Waals surface area contributed by atoms with E-state index in [9.17, 15) is 4.79 Å². The van der Waals surface area contributed by atoms with Gasteiger partial charge in [-0.15, -0.1) is 0 Å². The molecule has 72 valence electrons. The third kappa shape index (κ3) is 5.09. The van der Waals surface area contributed by atoms with Gasteiger partial charge in [-0.25, -0.2) is 0 Å². The summed E-state index contributed by atoms with van der Waals surface area (Å²) < 4.78 is 5.22. The minimum absolute atomic E-state index is 0.342. The Morgan fingerprint density at radius 2 is 2.08 bits per heavy atom. The second-order valence-corrected chi connectivity index (χ2v) is 3.60. The Kier molecular flexibility index (Phi) is 4.20. The molecule has 0 aromatic rings. The first-order chi connectivity index (χ1) is 5.37. The standard InChI is InChI=1S/C8H18N2O2/c1-4-6(7(9)11)12-5-8(2,3)10/h6H,4-5,10H2,1-3H3,(H2,9,11). The molecule has 0 bridgehead atoms. The lowest BCUT2D eigenvalue weighted by Crippen LogP contribution is -2.41. The van der Waals surface area contributed by atoms with Crippen LogP contribution >= 0.6 is 0 Å². The molecule has 12 heavy (non-hydrogen) atoms. The van der Waals surface area contributed by atoms with Crippen LogP contribution in [-0.2, 0) is 9.53 Å². The fourth-order valence-electron chi connectivity index (χ4n) is 0.717. The van der Waals surface area contributed by atoms with E-state index in [0.29, 0.717) is 13.0 Å². The summed E-state index contributed by atoms with van der Waals surface area (Å²) in [4.78, 5) is 10.7. The van der Waals surface area contributed by atoms with E-state index in [1.54, 1.807) is 0 Å². The Morgan fingerprint density at radius 3 is 2.33 bits per heavy atom. The van der Waals surface area contributed by atoms with Crippen LogP contribution in [-0.4, -0.2) is 24.2 Å². The van der Waals surface area contributed by atoms with Gasteiger partial charge in [0.15, 0.2) is 0 Å². The number of hydrogen-bond donors (Lipinski definition) is 2. The minimum Gasteiger partial charge on any atom is -0.367 e. The number of rotatable bonds is 5. The van der Waals surface area contributed by atoms with Crippen LogP contribution in [0.4, 0.5) is 0 Å². The van der Waals surface area contributed by atoms with Crippen molar-refractivity contribution < 1.29 is 9.53 Å². The van der Waals surface area contributed by atoms with E-state index in [0.717, 1.165) is 0 Å². The number of amides is 1. The Morgan fingerprint density at radius 1 is 1.58 bits per heavy atom. The fourth-order valence-corrected chi connectivity index (χ4v) is 0.717. The summed E-state index contributed by atoms with van der Waals surface area (Å²) in [7, 11) is 0. The van der Waals surface area contributed by atoms with Gasteiger partial charge in [0.1, 0.15) is 6.10 Å². The van der Waals surface area contributed by atoms with Crippen molar-refractivity contribution in [2.24, 2.45) is 11.5 Å². The summed E-state index contributed by atoms with van der Waals surface area (Å²) in [5.74, 6) is -0.429. The molecule has 0 spiro atoms. The largest absolute Gasteiger partial charge is 0.367 e. The highest BCUT2D eigenvalue weighted by atomic mass is 16.5. The van der Waals surface area contributed by atoms with E-state index in [1.807, 2.05) is 20.8 Å². The van der Waals surface area contributed by atoms with Crippen molar-refractivity contribution in [1.29, 1.82) is 0 Å². The number of hydrogen-bond acceptors (Lipinski definition) is 3. The molecule has 4 nitrogen and oxygen atoms in total. The molecule has 0 aliphatic heterocycles. The molecule has 0 radical (unpaired) electrons. The van der Waals surface area contributed by atoms with E-state index < -0.39 is 17.6 Å². The summed E-state index contributed by atoms with van der Waals surface area (Å²) in [6, 6.07) is 0. The highest BCUT2D eigenvalue weighted by Crippen LogP contribution is 2.03. The Bertz CT molecular complexity index is 152. The van der Waals surface area contributed by atoms with Crippen molar-refractivity contribution in [3.05, 3.63) is 0 Å². The van der Waals surface area contributed by atoms with E-state index in [1.165, 1.54) is 0 Å². The van der Waals surface area contributed by atoms with Gasteiger partial charge in [-0.1, -0.05) is 6.92 Å². The first kappa shape index (κ1) is 11.4. The van der Waals surface area contributed by atoms with Gasteiger partial charge in [-0.3, -0.25) is 4.79 Å². The molecule has 0 aromatic heterocycles. The van der Waals surface area contributed by atoms with Crippen LogP contribution < -0.4 is 11.5 Å². The maximum absolute atomic E-state index is 10.7. The zero-order chi connectivity index (χ0) is 9.78. The zero-order valence-corrected chi connectivity index (χ0v) is 7.96. The number of carbonyl (C=O) groups is 1.